The standard InChI is InChI=1S/C12H14N4OS/c1-3-5-9-15-16-12(18-9)14-11(17)10-8(2)6-4-7-13-10/h4,6-7H,3,5H2,1-2H3,(H,14,16,17). The molecule has 0 bridgehead atoms. The van der Waals surface area contributed by atoms with Gasteiger partial charge in [0.15, 0.2) is 0 Å². The lowest BCUT2D eigenvalue weighted by Gasteiger charge is -2.02. The van der Waals surface area contributed by atoms with E-state index in [-0.39, 0.29) is 5.91 Å². The summed E-state index contributed by atoms with van der Waals surface area (Å²) in [5.41, 5.74) is 1.26. The van der Waals surface area contributed by atoms with Gasteiger partial charge in [-0.3, -0.25) is 15.1 Å². The Kier molecular flexibility index (Phi) is 3.99. The molecule has 2 heterocycles. The molecule has 0 radical (unpaired) electrons. The maximum absolute atomic E-state index is 12.0. The fraction of sp³-hybridized carbons (Fsp3) is 0.333. The van der Waals surface area contributed by atoms with E-state index in [1.807, 2.05) is 13.0 Å². The largest absolute Gasteiger partial charge is 0.295 e. The molecule has 0 saturated carbocycles. The van der Waals surface area contributed by atoms with Gasteiger partial charge in [0.2, 0.25) is 5.13 Å². The molecular formula is C12H14N4OS. The molecule has 0 aliphatic rings. The van der Waals surface area contributed by atoms with Crippen LogP contribution in [0.15, 0.2) is 18.3 Å². The lowest BCUT2D eigenvalue weighted by Crippen LogP contribution is -2.14. The van der Waals surface area contributed by atoms with Gasteiger partial charge in [0.05, 0.1) is 0 Å². The van der Waals surface area contributed by atoms with Gasteiger partial charge in [-0.15, -0.1) is 10.2 Å². The number of hydrogen-bond acceptors (Lipinski definition) is 5. The first-order chi connectivity index (χ1) is 8.70. The van der Waals surface area contributed by atoms with E-state index in [4.69, 9.17) is 0 Å². The van der Waals surface area contributed by atoms with Crippen LogP contribution in [0.2, 0.25) is 0 Å². The van der Waals surface area contributed by atoms with E-state index in [1.54, 1.807) is 12.3 Å². The maximum atomic E-state index is 12.0. The predicted molar refractivity (Wildman–Crippen MR) is 70.8 cm³/mol. The Labute approximate surface area is 109 Å². The van der Waals surface area contributed by atoms with Crippen LogP contribution < -0.4 is 5.32 Å². The molecule has 18 heavy (non-hydrogen) atoms. The number of nitrogens with one attached hydrogen (secondary N) is 1. The van der Waals surface area contributed by atoms with Gasteiger partial charge in [0, 0.05) is 12.6 Å². The number of pyridine rings is 1. The van der Waals surface area contributed by atoms with E-state index in [9.17, 15) is 4.79 Å². The number of aromatic nitrogens is 3. The molecule has 1 amide bonds. The second-order valence-corrected chi connectivity index (χ2v) is 4.94. The molecule has 0 aromatic carbocycles. The fourth-order valence-corrected chi connectivity index (χ4v) is 2.34. The van der Waals surface area contributed by atoms with Crippen molar-refractivity contribution in [2.75, 3.05) is 5.32 Å². The van der Waals surface area contributed by atoms with Gasteiger partial charge >= 0.3 is 0 Å². The number of aryl methyl sites for hydroxylation is 2. The third-order valence-corrected chi connectivity index (χ3v) is 3.27. The Bertz CT molecular complexity index is 553. The van der Waals surface area contributed by atoms with Crippen molar-refractivity contribution >= 4 is 22.4 Å². The maximum Gasteiger partial charge on any atom is 0.276 e. The van der Waals surface area contributed by atoms with Crippen LogP contribution in [0, 0.1) is 6.92 Å². The second kappa shape index (κ2) is 5.68. The zero-order valence-electron chi connectivity index (χ0n) is 10.3. The van der Waals surface area contributed by atoms with Gasteiger partial charge < -0.3 is 0 Å². The molecule has 0 aliphatic carbocycles. The van der Waals surface area contributed by atoms with Crippen molar-refractivity contribution in [3.63, 3.8) is 0 Å². The summed E-state index contributed by atoms with van der Waals surface area (Å²) in [6.45, 7) is 3.93. The molecule has 2 rings (SSSR count). The topological polar surface area (TPSA) is 67.8 Å². The summed E-state index contributed by atoms with van der Waals surface area (Å²) >= 11 is 1.40. The normalized spacial score (nSPS) is 10.3. The molecule has 1 N–H and O–H groups in total. The van der Waals surface area contributed by atoms with Crippen molar-refractivity contribution < 1.29 is 4.79 Å². The summed E-state index contributed by atoms with van der Waals surface area (Å²) in [6, 6.07) is 3.65. The SMILES string of the molecule is CCCc1nnc(NC(=O)c2ncccc2C)s1. The first-order valence-electron chi connectivity index (χ1n) is 5.76. The smallest absolute Gasteiger partial charge is 0.276 e. The van der Waals surface area contributed by atoms with Crippen LogP contribution in [0.25, 0.3) is 0 Å². The Balaban J connectivity index is 2.09. The zero-order chi connectivity index (χ0) is 13.0. The number of carbonyl (C=O) groups excluding carboxylic acids is 1. The Morgan fingerprint density at radius 2 is 2.28 bits per heavy atom. The lowest BCUT2D eigenvalue weighted by molar-refractivity contribution is 0.102. The monoisotopic (exact) mass is 262 g/mol. The van der Waals surface area contributed by atoms with Crippen LogP contribution in [0.4, 0.5) is 5.13 Å². The van der Waals surface area contributed by atoms with Crippen molar-refractivity contribution in [1.29, 1.82) is 0 Å². The van der Waals surface area contributed by atoms with Crippen molar-refractivity contribution in [3.8, 4) is 0 Å². The van der Waals surface area contributed by atoms with Gasteiger partial charge in [-0.25, -0.2) is 0 Å². The molecule has 0 atom stereocenters. The minimum Gasteiger partial charge on any atom is -0.295 e. The molecule has 0 aliphatic heterocycles. The molecule has 0 spiro atoms. The Hall–Kier alpha value is -1.82. The average Bonchev–Trinajstić information content (AvgIpc) is 2.77. The highest BCUT2D eigenvalue weighted by Gasteiger charge is 2.12. The minimum atomic E-state index is -0.243. The molecule has 0 unspecified atom stereocenters. The van der Waals surface area contributed by atoms with E-state index in [1.165, 1.54) is 11.3 Å². The van der Waals surface area contributed by atoms with Crippen molar-refractivity contribution in [1.82, 2.24) is 15.2 Å². The predicted octanol–water partition coefficient (Wildman–Crippen LogP) is 2.45. The van der Waals surface area contributed by atoms with Crippen molar-refractivity contribution in [2.24, 2.45) is 0 Å². The molecular weight excluding hydrogens is 248 g/mol. The number of rotatable bonds is 4. The van der Waals surface area contributed by atoms with Crippen LogP contribution in [0.3, 0.4) is 0 Å². The quantitative estimate of drug-likeness (QED) is 0.919. The summed E-state index contributed by atoms with van der Waals surface area (Å²) in [5.74, 6) is -0.243. The molecule has 2 aromatic rings. The Morgan fingerprint density at radius 3 is 3.00 bits per heavy atom. The summed E-state index contributed by atoms with van der Waals surface area (Å²) in [6.07, 6.45) is 3.50. The first-order valence-corrected chi connectivity index (χ1v) is 6.57. The highest BCUT2D eigenvalue weighted by atomic mass is 32.1. The number of amides is 1. The van der Waals surface area contributed by atoms with Gasteiger partial charge in [-0.1, -0.05) is 24.3 Å². The van der Waals surface area contributed by atoms with Crippen LogP contribution in [0.5, 0.6) is 0 Å². The molecule has 5 nitrogen and oxygen atoms in total. The third-order valence-electron chi connectivity index (χ3n) is 2.38. The molecule has 0 fully saturated rings. The minimum absolute atomic E-state index is 0.243. The molecule has 0 saturated heterocycles. The number of nitrogens with zero attached hydrogens (tertiary/aromatic N) is 3. The number of hydrogen-bond donors (Lipinski definition) is 1. The summed E-state index contributed by atoms with van der Waals surface area (Å²) in [4.78, 5) is 16.0. The zero-order valence-corrected chi connectivity index (χ0v) is 11.1. The van der Waals surface area contributed by atoms with Gasteiger partial charge in [-0.2, -0.15) is 0 Å². The molecule has 6 heteroatoms. The van der Waals surface area contributed by atoms with E-state index in [2.05, 4.69) is 27.4 Å². The third kappa shape index (κ3) is 2.89. The van der Waals surface area contributed by atoms with Crippen LogP contribution >= 0.6 is 11.3 Å². The van der Waals surface area contributed by atoms with E-state index >= 15 is 0 Å². The van der Waals surface area contributed by atoms with E-state index in [0.717, 1.165) is 23.4 Å². The summed E-state index contributed by atoms with van der Waals surface area (Å²) in [7, 11) is 0. The highest BCUT2D eigenvalue weighted by molar-refractivity contribution is 7.15. The van der Waals surface area contributed by atoms with Gasteiger partial charge in [-0.05, 0) is 25.0 Å². The molecule has 94 valence electrons. The fourth-order valence-electron chi connectivity index (χ4n) is 1.50. The van der Waals surface area contributed by atoms with Crippen LogP contribution in [0.1, 0.15) is 34.4 Å². The summed E-state index contributed by atoms with van der Waals surface area (Å²) in [5, 5.41) is 12.1. The van der Waals surface area contributed by atoms with Gasteiger partial charge in [0.25, 0.3) is 5.91 Å². The van der Waals surface area contributed by atoms with Gasteiger partial charge in [0.1, 0.15) is 10.7 Å². The lowest BCUT2D eigenvalue weighted by atomic mass is 10.2. The van der Waals surface area contributed by atoms with Crippen molar-refractivity contribution in [2.45, 2.75) is 26.7 Å². The van der Waals surface area contributed by atoms with Crippen LogP contribution in [-0.4, -0.2) is 21.1 Å². The first kappa shape index (κ1) is 12.6. The Morgan fingerprint density at radius 1 is 1.44 bits per heavy atom. The second-order valence-electron chi connectivity index (χ2n) is 3.87. The summed E-state index contributed by atoms with van der Waals surface area (Å²) < 4.78 is 0. The highest BCUT2D eigenvalue weighted by Crippen LogP contribution is 2.17. The van der Waals surface area contributed by atoms with E-state index in [0.29, 0.717) is 10.8 Å². The van der Waals surface area contributed by atoms with E-state index < -0.39 is 0 Å². The number of anilines is 1. The van der Waals surface area contributed by atoms with Crippen LogP contribution in [-0.2, 0) is 6.42 Å². The number of carbonyl (C=O) groups is 1. The average molecular weight is 262 g/mol. The van der Waals surface area contributed by atoms with Crippen molar-refractivity contribution in [3.05, 3.63) is 34.6 Å². The molecule has 2 aromatic heterocycles.